The number of carbonyl (C=O) groups is 2. The van der Waals surface area contributed by atoms with Crippen LogP contribution in [0.4, 0.5) is 5.69 Å². The van der Waals surface area contributed by atoms with Crippen LogP contribution in [0, 0.1) is 6.92 Å². The van der Waals surface area contributed by atoms with Crippen LogP contribution >= 0.6 is 0 Å². The number of carbonyl (C=O) groups excluding carboxylic acids is 2. The van der Waals surface area contributed by atoms with Gasteiger partial charge in [0.1, 0.15) is 5.75 Å². The molecule has 2 rings (SSSR count). The Morgan fingerprint density at radius 2 is 1.68 bits per heavy atom. The molecule has 0 bridgehead atoms. The smallest absolute Gasteiger partial charge is 0.279 e. The topological polar surface area (TPSA) is 63.1 Å². The quantitative estimate of drug-likeness (QED) is 0.689. The first-order valence-electron chi connectivity index (χ1n) is 9.51. The largest absolute Gasteiger partial charge is 0.494 e. The van der Waals surface area contributed by atoms with Crippen molar-refractivity contribution in [1.29, 1.82) is 0 Å². The molecule has 0 spiro atoms. The molecule has 2 amide bonds. The lowest BCUT2D eigenvalue weighted by molar-refractivity contribution is -0.862. The number of ether oxygens (including phenoxy) is 1. The Balaban J connectivity index is 1.78. The van der Waals surface area contributed by atoms with Crippen molar-refractivity contribution in [2.24, 2.45) is 0 Å². The minimum Gasteiger partial charge on any atom is -0.494 e. The molecule has 0 aliphatic carbocycles. The van der Waals surface area contributed by atoms with Gasteiger partial charge in [0.2, 0.25) is 0 Å². The summed E-state index contributed by atoms with van der Waals surface area (Å²) in [5.74, 6) is 0.710. The average Bonchev–Trinajstić information content (AvgIpc) is 2.65. The summed E-state index contributed by atoms with van der Waals surface area (Å²) in [6.07, 6.45) is 0. The second-order valence-electron chi connectivity index (χ2n) is 7.05. The first kappa shape index (κ1) is 21.4. The van der Waals surface area contributed by atoms with E-state index in [1.165, 1.54) is 0 Å². The van der Waals surface area contributed by atoms with Gasteiger partial charge in [0.25, 0.3) is 11.8 Å². The fourth-order valence-corrected chi connectivity index (χ4v) is 2.79. The summed E-state index contributed by atoms with van der Waals surface area (Å²) in [4.78, 5) is 27.1. The fraction of sp³-hybridized carbons (Fsp3) is 0.364. The number of quaternary nitrogens is 1. The van der Waals surface area contributed by atoms with E-state index in [4.69, 9.17) is 4.74 Å². The maximum Gasteiger partial charge on any atom is 0.279 e. The van der Waals surface area contributed by atoms with Crippen molar-refractivity contribution in [3.05, 3.63) is 59.7 Å². The number of nitrogens with zero attached hydrogens (tertiary/aromatic N) is 1. The third-order valence-corrected chi connectivity index (χ3v) is 4.33. The van der Waals surface area contributed by atoms with Crippen LogP contribution in [0.1, 0.15) is 18.1 Å². The third kappa shape index (κ3) is 7.04. The van der Waals surface area contributed by atoms with Gasteiger partial charge in [0, 0.05) is 19.3 Å². The number of aryl methyl sites for hydroxylation is 1. The molecular weight excluding hydrogens is 354 g/mol. The highest BCUT2D eigenvalue weighted by Gasteiger charge is 2.17. The minimum atomic E-state index is -0.108. The molecule has 2 aromatic rings. The highest BCUT2D eigenvalue weighted by Crippen LogP contribution is 2.13. The highest BCUT2D eigenvalue weighted by molar-refractivity contribution is 5.91. The number of nitrogens with one attached hydrogen (secondary N) is 2. The summed E-state index contributed by atoms with van der Waals surface area (Å²) >= 11 is 0. The second kappa shape index (κ2) is 10.5. The Hall–Kier alpha value is -2.86. The number of likely N-dealkylation sites (N-methyl/N-ethyl adjacent to an activating group) is 2. The van der Waals surface area contributed by atoms with Crippen LogP contribution in [0.2, 0.25) is 0 Å². The molecule has 28 heavy (non-hydrogen) atoms. The molecule has 0 saturated heterocycles. The fourth-order valence-electron chi connectivity index (χ4n) is 2.79. The molecule has 150 valence electrons. The predicted octanol–water partition coefficient (Wildman–Crippen LogP) is 1.51. The van der Waals surface area contributed by atoms with E-state index in [1.807, 2.05) is 69.4 Å². The maximum atomic E-state index is 12.5. The van der Waals surface area contributed by atoms with Gasteiger partial charge < -0.3 is 19.9 Å². The van der Waals surface area contributed by atoms with Crippen LogP contribution in [0.15, 0.2) is 48.5 Å². The lowest BCUT2D eigenvalue weighted by Crippen LogP contribution is -3.11. The van der Waals surface area contributed by atoms with Crippen LogP contribution < -0.4 is 15.0 Å². The molecule has 0 aromatic heterocycles. The van der Waals surface area contributed by atoms with Crippen LogP contribution in [-0.4, -0.2) is 50.5 Å². The predicted molar refractivity (Wildman–Crippen MR) is 111 cm³/mol. The van der Waals surface area contributed by atoms with E-state index in [0.717, 1.165) is 27.5 Å². The first-order chi connectivity index (χ1) is 13.4. The molecule has 1 unspecified atom stereocenters. The van der Waals surface area contributed by atoms with E-state index in [0.29, 0.717) is 13.2 Å². The molecule has 0 fully saturated rings. The maximum absolute atomic E-state index is 12.5. The summed E-state index contributed by atoms with van der Waals surface area (Å²) in [6, 6.07) is 15.4. The van der Waals surface area contributed by atoms with E-state index in [-0.39, 0.29) is 24.9 Å². The van der Waals surface area contributed by atoms with Crippen molar-refractivity contribution in [1.82, 2.24) is 4.90 Å². The summed E-state index contributed by atoms with van der Waals surface area (Å²) in [7, 11) is 3.62. The van der Waals surface area contributed by atoms with Crippen molar-refractivity contribution >= 4 is 17.5 Å². The average molecular weight is 385 g/mol. The summed E-state index contributed by atoms with van der Waals surface area (Å²) in [6.45, 7) is 5.59. The van der Waals surface area contributed by atoms with E-state index in [2.05, 4.69) is 5.32 Å². The Kier molecular flexibility index (Phi) is 8.02. The number of amides is 2. The standard InChI is InChI=1S/C22H29N3O3/c1-5-28-20-12-8-18(9-13-20)14-25(4)22(27)16-24(3)15-21(26)23-19-10-6-17(2)7-11-19/h6-13H,5,14-16H2,1-4H3,(H,23,26)/p+1. The van der Waals surface area contributed by atoms with Crippen molar-refractivity contribution in [3.8, 4) is 5.75 Å². The number of rotatable bonds is 9. The second-order valence-corrected chi connectivity index (χ2v) is 7.05. The van der Waals surface area contributed by atoms with Gasteiger partial charge in [0.05, 0.1) is 13.7 Å². The first-order valence-corrected chi connectivity index (χ1v) is 9.51. The van der Waals surface area contributed by atoms with Gasteiger partial charge in [-0.05, 0) is 43.7 Å². The van der Waals surface area contributed by atoms with Crippen LogP contribution in [0.5, 0.6) is 5.75 Å². The number of hydrogen-bond donors (Lipinski definition) is 2. The van der Waals surface area contributed by atoms with Crippen LogP contribution in [0.3, 0.4) is 0 Å². The molecule has 2 aromatic carbocycles. The van der Waals surface area contributed by atoms with Crippen molar-refractivity contribution in [3.63, 3.8) is 0 Å². The number of anilines is 1. The van der Waals surface area contributed by atoms with E-state index >= 15 is 0 Å². The third-order valence-electron chi connectivity index (χ3n) is 4.33. The molecule has 6 nitrogen and oxygen atoms in total. The molecule has 0 radical (unpaired) electrons. The van der Waals surface area contributed by atoms with Crippen molar-refractivity contribution in [2.75, 3.05) is 39.1 Å². The number of benzene rings is 2. The zero-order valence-corrected chi connectivity index (χ0v) is 17.1. The van der Waals surface area contributed by atoms with Gasteiger partial charge in [-0.15, -0.1) is 0 Å². The molecular formula is C22H30N3O3+. The van der Waals surface area contributed by atoms with Crippen LogP contribution in [0.25, 0.3) is 0 Å². The van der Waals surface area contributed by atoms with E-state index in [1.54, 1.807) is 11.9 Å². The Morgan fingerprint density at radius 3 is 2.29 bits per heavy atom. The number of hydrogen-bond acceptors (Lipinski definition) is 3. The Bertz CT molecular complexity index is 773. The Morgan fingerprint density at radius 1 is 1.04 bits per heavy atom. The molecule has 6 heteroatoms. The summed E-state index contributed by atoms with van der Waals surface area (Å²) in [5, 5.41) is 2.86. The SMILES string of the molecule is CCOc1ccc(CN(C)C(=O)C[NH+](C)CC(=O)Nc2ccc(C)cc2)cc1. The summed E-state index contributed by atoms with van der Waals surface area (Å²) in [5.41, 5.74) is 2.94. The molecule has 0 heterocycles. The minimum absolute atomic E-state index is 0.00507. The van der Waals surface area contributed by atoms with Gasteiger partial charge in [-0.2, -0.15) is 0 Å². The van der Waals surface area contributed by atoms with E-state index in [9.17, 15) is 9.59 Å². The lowest BCUT2D eigenvalue weighted by Gasteiger charge is -2.20. The Labute approximate surface area is 167 Å². The molecule has 0 aliphatic rings. The zero-order valence-electron chi connectivity index (χ0n) is 17.1. The summed E-state index contributed by atoms with van der Waals surface area (Å²) < 4.78 is 5.43. The highest BCUT2D eigenvalue weighted by atomic mass is 16.5. The van der Waals surface area contributed by atoms with Gasteiger partial charge in [-0.1, -0.05) is 29.8 Å². The van der Waals surface area contributed by atoms with E-state index < -0.39 is 0 Å². The lowest BCUT2D eigenvalue weighted by atomic mass is 10.2. The normalized spacial score (nSPS) is 11.6. The molecule has 1 atom stereocenters. The molecule has 2 N–H and O–H groups in total. The zero-order chi connectivity index (χ0) is 20.5. The van der Waals surface area contributed by atoms with Crippen molar-refractivity contribution in [2.45, 2.75) is 20.4 Å². The monoisotopic (exact) mass is 384 g/mol. The van der Waals surface area contributed by atoms with Gasteiger partial charge in [-0.3, -0.25) is 9.59 Å². The van der Waals surface area contributed by atoms with Gasteiger partial charge in [-0.25, -0.2) is 0 Å². The van der Waals surface area contributed by atoms with Gasteiger partial charge in [0.15, 0.2) is 13.1 Å². The molecule has 0 saturated carbocycles. The molecule has 0 aliphatic heterocycles. The van der Waals surface area contributed by atoms with Crippen molar-refractivity contribution < 1.29 is 19.2 Å². The van der Waals surface area contributed by atoms with Gasteiger partial charge >= 0.3 is 0 Å². The van der Waals surface area contributed by atoms with Crippen LogP contribution in [-0.2, 0) is 16.1 Å².